The van der Waals surface area contributed by atoms with Gasteiger partial charge in [-0.15, -0.1) is 11.8 Å². The van der Waals surface area contributed by atoms with Gasteiger partial charge in [-0.3, -0.25) is 4.79 Å². The van der Waals surface area contributed by atoms with Crippen LogP contribution in [-0.4, -0.2) is 25.4 Å². The van der Waals surface area contributed by atoms with E-state index in [2.05, 4.69) is 0 Å². The number of carbonyl (C=O) groups is 1. The van der Waals surface area contributed by atoms with Crippen LogP contribution in [0.3, 0.4) is 0 Å². The third-order valence-electron chi connectivity index (χ3n) is 2.02. The molecule has 1 aromatic carbocycles. The second-order valence-corrected chi connectivity index (χ2v) is 4.45. The molecule has 0 bridgehead atoms. The molecule has 4 nitrogen and oxygen atoms in total. The number of hydrogen-bond acceptors (Lipinski definition) is 4. The zero-order chi connectivity index (χ0) is 12.0. The van der Waals surface area contributed by atoms with E-state index in [9.17, 15) is 4.79 Å². The van der Waals surface area contributed by atoms with Crippen LogP contribution in [0.4, 0.5) is 5.69 Å². The Morgan fingerprint density at radius 3 is 2.88 bits per heavy atom. The third kappa shape index (κ3) is 3.75. The highest BCUT2D eigenvalue weighted by Crippen LogP contribution is 2.25. The first-order chi connectivity index (χ1) is 7.65. The van der Waals surface area contributed by atoms with E-state index in [1.54, 1.807) is 31.0 Å². The number of thioether (sulfide) groups is 1. The number of nitrogen functional groups attached to an aromatic ring is 1. The standard InChI is InChI=1S/C11H16N2O2S/c1-15-5-2-6-16-10-4-3-8(12)7-9(10)11(13)14/h3-4,7H,2,5-6,12H2,1H3,(H2,13,14). The minimum absolute atomic E-state index is 0.443. The van der Waals surface area contributed by atoms with Crippen molar-refractivity contribution in [1.82, 2.24) is 0 Å². The Balaban J connectivity index is 2.67. The van der Waals surface area contributed by atoms with Gasteiger partial charge in [0.05, 0.1) is 5.56 Å². The van der Waals surface area contributed by atoms with Crippen molar-refractivity contribution in [2.45, 2.75) is 11.3 Å². The molecule has 0 fully saturated rings. The largest absolute Gasteiger partial charge is 0.399 e. The Labute approximate surface area is 99.3 Å². The molecule has 1 rings (SSSR count). The first kappa shape index (κ1) is 12.9. The molecule has 0 aliphatic heterocycles. The average molecular weight is 240 g/mol. The molecule has 16 heavy (non-hydrogen) atoms. The van der Waals surface area contributed by atoms with E-state index < -0.39 is 5.91 Å². The lowest BCUT2D eigenvalue weighted by Crippen LogP contribution is -2.12. The Morgan fingerprint density at radius 1 is 1.50 bits per heavy atom. The van der Waals surface area contributed by atoms with Crippen molar-refractivity contribution in [3.05, 3.63) is 23.8 Å². The molecule has 1 aromatic rings. The number of benzene rings is 1. The van der Waals surface area contributed by atoms with E-state index >= 15 is 0 Å². The second-order valence-electron chi connectivity index (χ2n) is 3.31. The summed E-state index contributed by atoms with van der Waals surface area (Å²) >= 11 is 1.59. The SMILES string of the molecule is COCCCSc1ccc(N)cc1C(N)=O. The highest BCUT2D eigenvalue weighted by molar-refractivity contribution is 7.99. The van der Waals surface area contributed by atoms with Crippen molar-refractivity contribution in [3.8, 4) is 0 Å². The van der Waals surface area contributed by atoms with Crippen LogP contribution in [0.25, 0.3) is 0 Å². The van der Waals surface area contributed by atoms with Crippen LogP contribution in [0.1, 0.15) is 16.8 Å². The monoisotopic (exact) mass is 240 g/mol. The lowest BCUT2D eigenvalue weighted by molar-refractivity contribution is 0.0997. The predicted molar refractivity (Wildman–Crippen MR) is 66.6 cm³/mol. The van der Waals surface area contributed by atoms with E-state index in [-0.39, 0.29) is 0 Å². The molecule has 0 atom stereocenters. The van der Waals surface area contributed by atoms with Gasteiger partial charge in [-0.25, -0.2) is 0 Å². The summed E-state index contributed by atoms with van der Waals surface area (Å²) in [5.74, 6) is 0.444. The van der Waals surface area contributed by atoms with E-state index in [4.69, 9.17) is 16.2 Å². The fraction of sp³-hybridized carbons (Fsp3) is 0.364. The number of rotatable bonds is 6. The van der Waals surface area contributed by atoms with Gasteiger partial charge < -0.3 is 16.2 Å². The van der Waals surface area contributed by atoms with Crippen molar-refractivity contribution >= 4 is 23.4 Å². The lowest BCUT2D eigenvalue weighted by atomic mass is 10.2. The van der Waals surface area contributed by atoms with Gasteiger partial charge in [-0.2, -0.15) is 0 Å². The maximum atomic E-state index is 11.2. The first-order valence-electron chi connectivity index (χ1n) is 4.96. The molecule has 0 spiro atoms. The number of carbonyl (C=O) groups excluding carboxylic acids is 1. The van der Waals surface area contributed by atoms with Crippen molar-refractivity contribution < 1.29 is 9.53 Å². The summed E-state index contributed by atoms with van der Waals surface area (Å²) in [6, 6.07) is 5.21. The molecule has 0 saturated heterocycles. The van der Waals surface area contributed by atoms with Crippen LogP contribution in [0, 0.1) is 0 Å². The Morgan fingerprint density at radius 2 is 2.25 bits per heavy atom. The summed E-state index contributed by atoms with van der Waals surface area (Å²) < 4.78 is 4.95. The fourth-order valence-corrected chi connectivity index (χ4v) is 2.21. The highest BCUT2D eigenvalue weighted by Gasteiger charge is 2.08. The Hall–Kier alpha value is -1.20. The summed E-state index contributed by atoms with van der Waals surface area (Å²) in [5.41, 5.74) is 11.9. The number of hydrogen-bond donors (Lipinski definition) is 2. The summed E-state index contributed by atoms with van der Waals surface area (Å²) in [5, 5.41) is 0. The molecule has 0 saturated carbocycles. The molecule has 0 heterocycles. The van der Waals surface area contributed by atoms with E-state index in [0.717, 1.165) is 17.1 Å². The number of ether oxygens (including phenoxy) is 1. The molecule has 0 unspecified atom stereocenters. The van der Waals surface area contributed by atoms with Gasteiger partial charge in [0.1, 0.15) is 0 Å². The number of amides is 1. The summed E-state index contributed by atoms with van der Waals surface area (Å²) in [7, 11) is 1.67. The zero-order valence-corrected chi connectivity index (χ0v) is 10.0. The maximum absolute atomic E-state index is 11.2. The van der Waals surface area contributed by atoms with Gasteiger partial charge in [0.25, 0.3) is 0 Å². The van der Waals surface area contributed by atoms with E-state index in [1.807, 2.05) is 6.07 Å². The van der Waals surface area contributed by atoms with Gasteiger partial charge in [-0.1, -0.05) is 0 Å². The van der Waals surface area contributed by atoms with Crippen LogP contribution in [0.2, 0.25) is 0 Å². The Kier molecular flexibility index (Phi) is 5.14. The minimum atomic E-state index is -0.443. The van der Waals surface area contributed by atoms with Crippen molar-refractivity contribution in [2.24, 2.45) is 5.73 Å². The number of anilines is 1. The molecular weight excluding hydrogens is 224 g/mol. The van der Waals surface area contributed by atoms with Gasteiger partial charge in [0, 0.05) is 30.1 Å². The molecule has 0 aromatic heterocycles. The van der Waals surface area contributed by atoms with Crippen molar-refractivity contribution in [3.63, 3.8) is 0 Å². The molecule has 0 aliphatic carbocycles. The number of primary amides is 1. The summed E-state index contributed by atoms with van der Waals surface area (Å²) in [4.78, 5) is 12.1. The number of nitrogens with two attached hydrogens (primary N) is 2. The topological polar surface area (TPSA) is 78.3 Å². The van der Waals surface area contributed by atoms with E-state index in [0.29, 0.717) is 17.9 Å². The highest BCUT2D eigenvalue weighted by atomic mass is 32.2. The van der Waals surface area contributed by atoms with Gasteiger partial charge >= 0.3 is 0 Å². The lowest BCUT2D eigenvalue weighted by Gasteiger charge is -2.07. The first-order valence-corrected chi connectivity index (χ1v) is 5.94. The van der Waals surface area contributed by atoms with Gasteiger partial charge in [0.15, 0.2) is 0 Å². The molecule has 1 amide bonds. The zero-order valence-electron chi connectivity index (χ0n) is 9.23. The molecule has 4 N–H and O–H groups in total. The smallest absolute Gasteiger partial charge is 0.249 e. The maximum Gasteiger partial charge on any atom is 0.249 e. The Bertz CT molecular complexity index is 369. The van der Waals surface area contributed by atoms with Crippen LogP contribution < -0.4 is 11.5 Å². The van der Waals surface area contributed by atoms with Gasteiger partial charge in [-0.05, 0) is 24.6 Å². The van der Waals surface area contributed by atoms with Crippen molar-refractivity contribution in [1.29, 1.82) is 0 Å². The second kappa shape index (κ2) is 6.40. The minimum Gasteiger partial charge on any atom is -0.399 e. The van der Waals surface area contributed by atoms with Gasteiger partial charge in [0.2, 0.25) is 5.91 Å². The van der Waals surface area contributed by atoms with Crippen LogP contribution in [0.15, 0.2) is 23.1 Å². The molecule has 0 aliphatic rings. The van der Waals surface area contributed by atoms with Crippen LogP contribution in [-0.2, 0) is 4.74 Å². The fourth-order valence-electron chi connectivity index (χ4n) is 1.25. The molecule has 0 radical (unpaired) electrons. The summed E-state index contributed by atoms with van der Waals surface area (Å²) in [6.45, 7) is 0.716. The third-order valence-corrected chi connectivity index (χ3v) is 3.18. The predicted octanol–water partition coefficient (Wildman–Crippen LogP) is 1.50. The van der Waals surface area contributed by atoms with Crippen LogP contribution in [0.5, 0.6) is 0 Å². The van der Waals surface area contributed by atoms with Crippen LogP contribution >= 0.6 is 11.8 Å². The normalized spacial score (nSPS) is 10.3. The quantitative estimate of drug-likeness (QED) is 0.448. The summed E-state index contributed by atoms with van der Waals surface area (Å²) in [6.07, 6.45) is 0.934. The van der Waals surface area contributed by atoms with Crippen molar-refractivity contribution in [2.75, 3.05) is 25.2 Å². The molecular formula is C11H16N2O2S. The molecule has 88 valence electrons. The average Bonchev–Trinajstić information content (AvgIpc) is 2.26. The number of methoxy groups -OCH3 is 1. The molecule has 5 heteroatoms. The van der Waals surface area contributed by atoms with E-state index in [1.165, 1.54) is 0 Å².